The number of carboxylic acid groups (broad SMARTS) is 1. The van der Waals surface area contributed by atoms with Crippen LogP contribution in [0.4, 0.5) is 0 Å². The minimum atomic E-state index is -0.930. The Morgan fingerprint density at radius 1 is 1.09 bits per heavy atom. The topological polar surface area (TPSA) is 71.2 Å². The maximum Gasteiger partial charge on any atom is 0.336 e. The summed E-state index contributed by atoms with van der Waals surface area (Å²) in [7, 11) is 0. The fourth-order valence-corrected chi connectivity index (χ4v) is 4.62. The lowest BCUT2D eigenvalue weighted by Gasteiger charge is -2.31. The highest BCUT2D eigenvalue weighted by molar-refractivity contribution is 6.17. The van der Waals surface area contributed by atoms with Gasteiger partial charge in [0.15, 0.2) is 0 Å². The van der Waals surface area contributed by atoms with Gasteiger partial charge in [-0.1, -0.05) is 48.5 Å². The molecular formula is C26H23ClN4O2. The van der Waals surface area contributed by atoms with Crippen molar-refractivity contribution in [2.75, 3.05) is 12.4 Å². The van der Waals surface area contributed by atoms with Crippen molar-refractivity contribution >= 4 is 40.1 Å². The van der Waals surface area contributed by atoms with Crippen molar-refractivity contribution in [3.8, 4) is 0 Å². The molecular weight excluding hydrogens is 436 g/mol. The molecule has 0 atom stereocenters. The average molecular weight is 459 g/mol. The first-order valence-electron chi connectivity index (χ1n) is 10.8. The van der Waals surface area contributed by atoms with Gasteiger partial charge in [-0.15, -0.1) is 11.6 Å². The molecule has 1 aliphatic rings. The van der Waals surface area contributed by atoms with Gasteiger partial charge in [0.05, 0.1) is 29.5 Å². The molecule has 33 heavy (non-hydrogen) atoms. The quantitative estimate of drug-likeness (QED) is 0.415. The molecule has 166 valence electrons. The van der Waals surface area contributed by atoms with Crippen LogP contribution in [0.25, 0.3) is 22.6 Å². The van der Waals surface area contributed by atoms with E-state index in [2.05, 4.69) is 28.2 Å². The first kappa shape index (κ1) is 21.4. The second-order valence-electron chi connectivity index (χ2n) is 8.16. The van der Waals surface area contributed by atoms with Crippen LogP contribution in [-0.4, -0.2) is 43.2 Å². The van der Waals surface area contributed by atoms with Crippen LogP contribution in [0.1, 0.15) is 32.7 Å². The van der Waals surface area contributed by atoms with Gasteiger partial charge in [0.2, 0.25) is 0 Å². The third-order valence-corrected chi connectivity index (χ3v) is 6.01. The van der Waals surface area contributed by atoms with Crippen LogP contribution in [-0.2, 0) is 19.6 Å². The van der Waals surface area contributed by atoms with Gasteiger partial charge >= 0.3 is 5.97 Å². The summed E-state index contributed by atoms with van der Waals surface area (Å²) in [6.07, 6.45) is 5.81. The highest BCUT2D eigenvalue weighted by Crippen LogP contribution is 2.34. The number of hydrogen-bond donors (Lipinski definition) is 1. The van der Waals surface area contributed by atoms with E-state index in [1.807, 2.05) is 48.7 Å². The Morgan fingerprint density at radius 3 is 2.67 bits per heavy atom. The van der Waals surface area contributed by atoms with Crippen LogP contribution in [0, 0.1) is 0 Å². The smallest absolute Gasteiger partial charge is 0.336 e. The van der Waals surface area contributed by atoms with Crippen molar-refractivity contribution in [3.63, 3.8) is 0 Å². The number of nitrogens with zero attached hydrogens (tertiary/aromatic N) is 4. The molecule has 2 aromatic heterocycles. The van der Waals surface area contributed by atoms with Gasteiger partial charge in [0.25, 0.3) is 0 Å². The molecule has 0 saturated heterocycles. The number of carboxylic acids is 1. The van der Waals surface area contributed by atoms with E-state index in [4.69, 9.17) is 16.6 Å². The average Bonchev–Trinajstić information content (AvgIpc) is 3.25. The van der Waals surface area contributed by atoms with Gasteiger partial charge in [-0.25, -0.2) is 9.78 Å². The fourth-order valence-electron chi connectivity index (χ4n) is 4.44. The number of halogens is 1. The maximum atomic E-state index is 12.4. The molecule has 0 fully saturated rings. The Morgan fingerprint density at radius 2 is 1.88 bits per heavy atom. The molecule has 2 aromatic carbocycles. The van der Waals surface area contributed by atoms with Crippen molar-refractivity contribution in [1.29, 1.82) is 0 Å². The molecule has 7 heteroatoms. The van der Waals surface area contributed by atoms with Crippen LogP contribution in [0.5, 0.6) is 0 Å². The summed E-state index contributed by atoms with van der Waals surface area (Å²) in [4.78, 5) is 19.6. The molecule has 0 spiro atoms. The maximum absolute atomic E-state index is 12.4. The summed E-state index contributed by atoms with van der Waals surface area (Å²) in [6.45, 7) is 2.53. The second kappa shape index (κ2) is 9.17. The van der Waals surface area contributed by atoms with Gasteiger partial charge in [-0.3, -0.25) is 9.58 Å². The van der Waals surface area contributed by atoms with Crippen molar-refractivity contribution < 1.29 is 9.90 Å². The Labute approximate surface area is 196 Å². The van der Waals surface area contributed by atoms with Gasteiger partial charge in [0.1, 0.15) is 0 Å². The normalized spacial score (nSPS) is 15.1. The van der Waals surface area contributed by atoms with Gasteiger partial charge in [-0.2, -0.15) is 5.10 Å². The number of carbonyl (C=O) groups is 1. The highest BCUT2D eigenvalue weighted by Gasteiger charge is 2.28. The van der Waals surface area contributed by atoms with Crippen molar-refractivity contribution in [3.05, 3.63) is 94.9 Å². The number of para-hydroxylation sites is 1. The Balaban J connectivity index is 1.65. The number of aromatic carboxylic acids is 1. The van der Waals surface area contributed by atoms with E-state index >= 15 is 0 Å². The lowest BCUT2D eigenvalue weighted by atomic mass is 9.92. The fraction of sp³-hybridized carbons (Fsp3) is 0.192. The first-order chi connectivity index (χ1) is 16.1. The number of aryl methyl sites for hydroxylation is 1. The summed E-state index contributed by atoms with van der Waals surface area (Å²) in [5.74, 6) is -0.443. The minimum absolute atomic E-state index is 0.331. The number of alkyl halides is 1. The van der Waals surface area contributed by atoms with Crippen LogP contribution >= 0.6 is 11.6 Å². The zero-order valence-corrected chi connectivity index (χ0v) is 18.7. The molecule has 0 radical (unpaired) electrons. The Bertz CT molecular complexity index is 1350. The molecule has 0 amide bonds. The highest BCUT2D eigenvalue weighted by atomic mass is 35.5. The molecule has 6 nitrogen and oxygen atoms in total. The lowest BCUT2D eigenvalue weighted by Crippen LogP contribution is -2.31. The van der Waals surface area contributed by atoms with Gasteiger partial charge in [-0.05, 0) is 23.3 Å². The van der Waals surface area contributed by atoms with E-state index in [-0.39, 0.29) is 0 Å². The molecule has 0 aliphatic carbocycles. The zero-order chi connectivity index (χ0) is 22.8. The third-order valence-electron chi connectivity index (χ3n) is 5.84. The Hall–Kier alpha value is -3.48. The third kappa shape index (κ3) is 4.40. The number of rotatable bonds is 6. The first-order valence-corrected chi connectivity index (χ1v) is 11.4. The number of pyridine rings is 1. The van der Waals surface area contributed by atoms with Crippen LogP contribution < -0.4 is 0 Å². The largest absolute Gasteiger partial charge is 0.478 e. The van der Waals surface area contributed by atoms with E-state index in [0.29, 0.717) is 42.0 Å². The SMILES string of the molecule is O=C(O)c1c2c(nc3ccccc13)C(=Cc1cnn(CCCl)c1)CN(Cc1ccccc1)C2. The van der Waals surface area contributed by atoms with E-state index < -0.39 is 5.97 Å². The van der Waals surface area contributed by atoms with Gasteiger partial charge < -0.3 is 5.11 Å². The van der Waals surface area contributed by atoms with E-state index in [0.717, 1.165) is 28.9 Å². The number of hydrogen-bond acceptors (Lipinski definition) is 4. The summed E-state index contributed by atoms with van der Waals surface area (Å²) in [6, 6.07) is 17.7. The predicted octanol–water partition coefficient (Wildman–Crippen LogP) is 4.92. The number of fused-ring (bicyclic) bond motifs is 2. The van der Waals surface area contributed by atoms with E-state index in [1.165, 1.54) is 5.56 Å². The van der Waals surface area contributed by atoms with Crippen molar-refractivity contribution in [2.45, 2.75) is 19.6 Å². The molecule has 0 unspecified atom stereocenters. The minimum Gasteiger partial charge on any atom is -0.478 e. The molecule has 4 aromatic rings. The van der Waals surface area contributed by atoms with Crippen LogP contribution in [0.3, 0.4) is 0 Å². The van der Waals surface area contributed by atoms with Crippen molar-refractivity contribution in [1.82, 2.24) is 19.7 Å². The predicted molar refractivity (Wildman–Crippen MR) is 130 cm³/mol. The summed E-state index contributed by atoms with van der Waals surface area (Å²) in [5.41, 5.74) is 5.62. The molecule has 1 N–H and O–H groups in total. The molecule has 1 aliphatic heterocycles. The summed E-state index contributed by atoms with van der Waals surface area (Å²) < 4.78 is 1.81. The standard InChI is InChI=1S/C26H23ClN4O2/c27-10-11-31-15-19(13-28-31)12-20-16-30(14-18-6-2-1-3-7-18)17-22-24(26(32)33)21-8-4-5-9-23(21)29-25(20)22/h1-9,12-13,15H,10-11,14,16-17H2,(H,32,33). The van der Waals surface area contributed by atoms with E-state index in [9.17, 15) is 9.90 Å². The van der Waals surface area contributed by atoms with Gasteiger partial charge in [0, 0.05) is 48.2 Å². The van der Waals surface area contributed by atoms with Crippen LogP contribution in [0.2, 0.25) is 0 Å². The van der Waals surface area contributed by atoms with Crippen LogP contribution in [0.15, 0.2) is 67.0 Å². The molecule has 5 rings (SSSR count). The second-order valence-corrected chi connectivity index (χ2v) is 8.54. The zero-order valence-electron chi connectivity index (χ0n) is 18.0. The van der Waals surface area contributed by atoms with Crippen molar-refractivity contribution in [2.24, 2.45) is 0 Å². The molecule has 3 heterocycles. The summed E-state index contributed by atoms with van der Waals surface area (Å²) in [5, 5.41) is 15.2. The Kier molecular flexibility index (Phi) is 5.94. The molecule has 0 saturated carbocycles. The molecule has 0 bridgehead atoms. The number of benzene rings is 2. The van der Waals surface area contributed by atoms with E-state index in [1.54, 1.807) is 10.9 Å². The number of aromatic nitrogens is 3. The monoisotopic (exact) mass is 458 g/mol. The lowest BCUT2D eigenvalue weighted by molar-refractivity contribution is 0.0696. The summed E-state index contributed by atoms with van der Waals surface area (Å²) >= 11 is 5.85.